The highest BCUT2D eigenvalue weighted by Crippen LogP contribution is 2.42. The number of ether oxygens (including phenoxy) is 30. The maximum atomic E-state index is 12.6. The van der Waals surface area contributed by atoms with E-state index in [1.807, 2.05) is 0 Å². The van der Waals surface area contributed by atoms with Gasteiger partial charge in [0.1, 0.15) is 153 Å². The van der Waals surface area contributed by atoms with E-state index >= 15 is 0 Å². The molecule has 0 aromatic carbocycles. The Morgan fingerprint density at radius 2 is 0.384 bits per heavy atom. The van der Waals surface area contributed by atoms with Crippen molar-refractivity contribution in [2.45, 2.75) is 191 Å². The van der Waals surface area contributed by atoms with Crippen LogP contribution in [0.4, 0.5) is 0 Å². The van der Waals surface area contributed by atoms with Gasteiger partial charge in [-0.3, -0.25) is 4.79 Å². The van der Waals surface area contributed by atoms with Gasteiger partial charge in [0, 0.05) is 128 Å². The lowest BCUT2D eigenvalue weighted by Gasteiger charge is -2.53. The van der Waals surface area contributed by atoms with Crippen LogP contribution in [0.5, 0.6) is 0 Å². The molecule has 0 N–H and O–H groups in total. The normalized spacial score (nSPS) is 45.2. The summed E-state index contributed by atoms with van der Waals surface area (Å²) in [6.07, 6.45) is -31.3. The zero-order chi connectivity index (χ0) is 62.4. The van der Waals surface area contributed by atoms with Gasteiger partial charge in [-0.25, -0.2) is 0 Å². The summed E-state index contributed by atoms with van der Waals surface area (Å²) in [5.41, 5.74) is 0. The maximum absolute atomic E-state index is 12.6. The lowest BCUT2D eigenvalue weighted by molar-refractivity contribution is -0.409. The topological polar surface area (TPSA) is 294 Å². The van der Waals surface area contributed by atoms with Gasteiger partial charge in [0.2, 0.25) is 0 Å². The number of methoxy groups -OCH3 is 17. The Labute approximate surface area is 503 Å². The molecule has 31 heteroatoms. The third-order valence-corrected chi connectivity index (χ3v) is 16.7. The molecular formula is C55H96O31. The fourth-order valence-electron chi connectivity index (χ4n) is 12.8. The van der Waals surface area contributed by atoms with Crippen molar-refractivity contribution in [1.82, 2.24) is 0 Å². The number of esters is 1. The van der Waals surface area contributed by atoms with Crippen molar-refractivity contribution in [3.8, 4) is 0 Å². The van der Waals surface area contributed by atoms with Crippen LogP contribution in [-0.4, -0.2) is 351 Å². The highest BCUT2D eigenvalue weighted by atomic mass is 16.8. The second kappa shape index (κ2) is 34.8. The Hall–Kier alpha value is -1.69. The number of hydrogen-bond acceptors (Lipinski definition) is 31. The van der Waals surface area contributed by atoms with Gasteiger partial charge in [0.15, 0.2) is 37.7 Å². The van der Waals surface area contributed by atoms with Crippen LogP contribution < -0.4 is 0 Å². The summed E-state index contributed by atoms with van der Waals surface area (Å²) >= 11 is 0. The Bertz CT molecular complexity index is 1920. The Morgan fingerprint density at radius 1 is 0.233 bits per heavy atom. The summed E-state index contributed by atoms with van der Waals surface area (Å²) in [6.45, 7) is 0.732. The van der Waals surface area contributed by atoms with Gasteiger partial charge in [-0.05, 0) is 0 Å². The van der Waals surface area contributed by atoms with Crippen molar-refractivity contribution in [1.29, 1.82) is 0 Å². The minimum Gasteiger partial charge on any atom is -0.463 e. The molecule has 0 unspecified atom stereocenters. The molecular weight excluding hydrogens is 1160 g/mol. The standard InChI is InChI=1S/C55H96O31/c1-25(56)74-24-31-37-43(67-12)49(73-18)55(80-31)85-36-30(23-61-6)78-53(47(71-16)42(36)66-11)83-34-28(21-59-4)76-51(45(69-14)40(34)64-9)81-32-26(19-57-2)75-50(44(68-13)38(32)62-7)82-33-27(20-58-3)77-52(46(70-15)39(33)63-8)84-35-29(22-60-5)79-54(86-37)48(72-17)41(35)65-10/h26-55H,19-24H2,1-18H3/t26-,27-,28-,29-,30-,31-,32-,33-,34-,35-,36-,37-,38+,39+,40+,41+,42+,43+,44-,45-,46-,47-,48-,49-,50-,51-,52-,53-,54-,55-/m1/s1. The largest absolute Gasteiger partial charge is 0.463 e. The zero-order valence-corrected chi connectivity index (χ0v) is 52.7. The lowest BCUT2D eigenvalue weighted by atomic mass is 9.94. The molecule has 0 saturated carbocycles. The van der Waals surface area contributed by atoms with Gasteiger partial charge in [-0.15, -0.1) is 0 Å². The van der Waals surface area contributed by atoms with Crippen molar-refractivity contribution in [2.24, 2.45) is 0 Å². The molecule has 22 saturated heterocycles. The summed E-state index contributed by atoms with van der Waals surface area (Å²) < 4.78 is 192. The minimum absolute atomic E-state index is 0.0207. The van der Waals surface area contributed by atoms with Crippen molar-refractivity contribution in [3.63, 3.8) is 0 Å². The third-order valence-electron chi connectivity index (χ3n) is 16.7. The molecule has 0 spiro atoms. The van der Waals surface area contributed by atoms with E-state index in [1.165, 1.54) is 128 Å². The van der Waals surface area contributed by atoms with Crippen LogP contribution in [0, 0.1) is 0 Å². The van der Waals surface area contributed by atoms with E-state index in [4.69, 9.17) is 142 Å². The van der Waals surface area contributed by atoms with Gasteiger partial charge in [-0.2, -0.15) is 0 Å². The van der Waals surface area contributed by atoms with Gasteiger partial charge in [0.25, 0.3) is 0 Å². The van der Waals surface area contributed by atoms with Crippen LogP contribution in [0.15, 0.2) is 0 Å². The van der Waals surface area contributed by atoms with E-state index in [9.17, 15) is 4.79 Å². The van der Waals surface area contributed by atoms with E-state index in [0.717, 1.165) is 0 Å². The van der Waals surface area contributed by atoms with Crippen LogP contribution in [0.2, 0.25) is 0 Å². The molecule has 0 aromatic heterocycles. The Kier molecular flexibility index (Phi) is 29.1. The summed E-state index contributed by atoms with van der Waals surface area (Å²) in [7, 11) is 25.4. The van der Waals surface area contributed by atoms with Gasteiger partial charge >= 0.3 is 5.97 Å². The first kappa shape index (κ1) is 71.7. The van der Waals surface area contributed by atoms with Crippen molar-refractivity contribution in [2.75, 3.05) is 161 Å². The predicted octanol–water partition coefficient (Wildman–Crippen LogP) is -1.36. The van der Waals surface area contributed by atoms with Crippen molar-refractivity contribution < 1.29 is 147 Å². The van der Waals surface area contributed by atoms with E-state index < -0.39 is 190 Å². The Morgan fingerprint density at radius 3 is 0.512 bits per heavy atom. The van der Waals surface area contributed by atoms with Crippen LogP contribution in [0.1, 0.15) is 6.92 Å². The molecule has 22 rings (SSSR count). The molecule has 86 heavy (non-hydrogen) atoms. The van der Waals surface area contributed by atoms with Gasteiger partial charge in [0.05, 0.1) is 33.0 Å². The second-order valence-electron chi connectivity index (χ2n) is 21.3. The van der Waals surface area contributed by atoms with E-state index in [0.29, 0.717) is 0 Å². The maximum Gasteiger partial charge on any atom is 0.302 e. The molecule has 22 aliphatic heterocycles. The van der Waals surface area contributed by atoms with Gasteiger partial charge < -0.3 is 142 Å². The first-order chi connectivity index (χ1) is 41.7. The SMILES string of the molecule is COC[C@H]1O[C@@H]2O[C@H]3[C@H](OC)[C@@H](OC)[C@@H](O[C@H]4[C@H](OC)[C@@H](OC)[C@@H](O[C@H]5[C@H](OC)[C@@H](OC)[C@@H](O[C@H]6[C@H](OC)[C@@H](OC)[C@@H](O[C@H]7[C@H](OC)[C@@H](OC)[C@@H](O[C@H]1[C@H](OC)[C@H]2OC)O[C@@H]7COC)O[C@@H]6COC)O[C@@H]5COC(C)=O)O[C@@H]4COC)O[C@@H]3COC. The van der Waals surface area contributed by atoms with Crippen molar-refractivity contribution in [3.05, 3.63) is 0 Å². The van der Waals surface area contributed by atoms with Crippen LogP contribution in [-0.2, 0) is 147 Å². The highest BCUT2D eigenvalue weighted by Gasteiger charge is 2.61. The smallest absolute Gasteiger partial charge is 0.302 e. The predicted molar refractivity (Wildman–Crippen MR) is 287 cm³/mol. The molecule has 12 bridgehead atoms. The summed E-state index contributed by atoms with van der Waals surface area (Å²) in [6, 6.07) is 0. The first-order valence-electron chi connectivity index (χ1n) is 28.5. The third kappa shape index (κ3) is 15.7. The van der Waals surface area contributed by atoms with E-state index in [-0.39, 0.29) is 39.6 Å². The number of carbonyl (C=O) groups excluding carboxylic acids is 1. The molecule has 502 valence electrons. The highest BCUT2D eigenvalue weighted by molar-refractivity contribution is 5.65. The average molecular weight is 1250 g/mol. The molecule has 0 aromatic rings. The molecule has 0 radical (unpaired) electrons. The summed E-state index contributed by atoms with van der Waals surface area (Å²) in [5, 5.41) is 0. The van der Waals surface area contributed by atoms with Gasteiger partial charge in [-0.1, -0.05) is 0 Å². The molecule has 0 aliphatic carbocycles. The van der Waals surface area contributed by atoms with Crippen molar-refractivity contribution >= 4 is 5.97 Å². The zero-order valence-electron chi connectivity index (χ0n) is 52.7. The Balaban J connectivity index is 1.36. The van der Waals surface area contributed by atoms with Crippen LogP contribution in [0.3, 0.4) is 0 Å². The molecule has 0 amide bonds. The van der Waals surface area contributed by atoms with Crippen LogP contribution in [0.25, 0.3) is 0 Å². The fraction of sp³-hybridized carbons (Fsp3) is 0.982. The molecule has 22 aliphatic rings. The molecule has 31 nitrogen and oxygen atoms in total. The van der Waals surface area contributed by atoms with E-state index in [2.05, 4.69) is 0 Å². The number of rotatable bonds is 24. The summed E-state index contributed by atoms with van der Waals surface area (Å²) in [4.78, 5) is 12.6. The summed E-state index contributed by atoms with van der Waals surface area (Å²) in [5.74, 6) is -0.601. The van der Waals surface area contributed by atoms with Crippen LogP contribution >= 0.6 is 0 Å². The first-order valence-corrected chi connectivity index (χ1v) is 28.5. The second-order valence-corrected chi connectivity index (χ2v) is 21.3. The average Bonchev–Trinajstić information content (AvgIpc) is 2.05. The quantitative estimate of drug-likeness (QED) is 0.101. The molecule has 30 atom stereocenters. The van der Waals surface area contributed by atoms with E-state index in [1.54, 1.807) is 0 Å². The molecule has 22 fully saturated rings. The fourth-order valence-corrected chi connectivity index (χ4v) is 12.8. The lowest BCUT2D eigenvalue weighted by Crippen LogP contribution is -2.70. The monoisotopic (exact) mass is 1250 g/mol. The minimum atomic E-state index is -1.30. The number of hydrogen-bond donors (Lipinski definition) is 0. The number of carbonyl (C=O) groups is 1. The molecule has 22 heterocycles.